The van der Waals surface area contributed by atoms with E-state index in [9.17, 15) is 19.2 Å². The number of halogens is 2. The molecule has 0 aromatic carbocycles. The molecule has 2 atom stereocenters. The van der Waals surface area contributed by atoms with Crippen molar-refractivity contribution in [3.8, 4) is 5.75 Å². The first kappa shape index (κ1) is 25.7. The van der Waals surface area contributed by atoms with Gasteiger partial charge in [-0.15, -0.1) is 11.3 Å². The van der Waals surface area contributed by atoms with Crippen molar-refractivity contribution in [3.63, 3.8) is 0 Å². The first-order valence-corrected chi connectivity index (χ1v) is 12.0. The van der Waals surface area contributed by atoms with Gasteiger partial charge in [0.05, 0.1) is 5.02 Å². The fraction of sp³-hybridized carbons (Fsp3) is 0.381. The van der Waals surface area contributed by atoms with E-state index in [2.05, 4.69) is 20.9 Å². The third-order valence-electron chi connectivity index (χ3n) is 5.04. The molecular weight excluding hydrogens is 505 g/mol. The average molecular weight is 528 g/mol. The number of amides is 4. The molecule has 0 radical (unpaired) electrons. The Morgan fingerprint density at radius 2 is 1.74 bits per heavy atom. The van der Waals surface area contributed by atoms with E-state index in [-0.39, 0.29) is 21.5 Å². The molecule has 13 heteroatoms. The molecule has 1 fully saturated rings. The first-order valence-electron chi connectivity index (χ1n) is 10.4. The van der Waals surface area contributed by atoms with Gasteiger partial charge in [-0.25, -0.2) is 9.78 Å². The Hall–Kier alpha value is -2.89. The number of pyridine rings is 1. The van der Waals surface area contributed by atoms with Gasteiger partial charge < -0.3 is 25.6 Å². The first-order chi connectivity index (χ1) is 16.2. The molecule has 0 bridgehead atoms. The monoisotopic (exact) mass is 527 g/mol. The predicted octanol–water partition coefficient (Wildman–Crippen LogP) is 3.31. The minimum Gasteiger partial charge on any atom is -0.408 e. The van der Waals surface area contributed by atoms with E-state index < -0.39 is 35.9 Å². The van der Waals surface area contributed by atoms with Crippen LogP contribution < -0.4 is 20.7 Å². The summed E-state index contributed by atoms with van der Waals surface area (Å²) >= 11 is 13.1. The maximum absolute atomic E-state index is 12.9. The van der Waals surface area contributed by atoms with E-state index in [4.69, 9.17) is 27.9 Å². The standard InChI is InChI=1S/C21H23Cl2N5O5S/c1-28(2)21(32)33-14-10-34-17(16(14)23)18(29)25-12-5-3-4-6-13(12)26-19(30)20(31)27-15-8-7-11(22)9-24-15/h7-10,12-13H,3-6H2,1-2H3,(H,25,29)(H,26,30)(H,24,27,31)/t12-,13+/m1/s1. The molecule has 0 aliphatic heterocycles. The minimum atomic E-state index is -0.876. The number of nitrogens with one attached hydrogen (secondary N) is 3. The van der Waals surface area contributed by atoms with Crippen LogP contribution in [-0.4, -0.2) is 59.9 Å². The highest BCUT2D eigenvalue weighted by Gasteiger charge is 2.31. The van der Waals surface area contributed by atoms with Crippen molar-refractivity contribution in [2.45, 2.75) is 37.8 Å². The van der Waals surface area contributed by atoms with E-state index >= 15 is 0 Å². The molecule has 1 aliphatic carbocycles. The second-order valence-corrected chi connectivity index (χ2v) is 9.46. The van der Waals surface area contributed by atoms with Crippen molar-refractivity contribution >= 4 is 64.2 Å². The van der Waals surface area contributed by atoms with Gasteiger partial charge in [-0.05, 0) is 25.0 Å². The van der Waals surface area contributed by atoms with Gasteiger partial charge in [-0.1, -0.05) is 36.0 Å². The number of nitrogens with zero attached hydrogens (tertiary/aromatic N) is 2. The highest BCUT2D eigenvalue weighted by Crippen LogP contribution is 2.35. The molecule has 1 aliphatic rings. The molecule has 0 unspecified atom stereocenters. The summed E-state index contributed by atoms with van der Waals surface area (Å²) < 4.78 is 5.15. The lowest BCUT2D eigenvalue weighted by Gasteiger charge is -2.32. The van der Waals surface area contributed by atoms with Gasteiger partial charge in [0, 0.05) is 37.8 Å². The third kappa shape index (κ3) is 6.58. The van der Waals surface area contributed by atoms with Gasteiger partial charge >= 0.3 is 17.9 Å². The van der Waals surface area contributed by atoms with Crippen LogP contribution in [0.3, 0.4) is 0 Å². The lowest BCUT2D eigenvalue weighted by Crippen LogP contribution is -2.54. The summed E-state index contributed by atoms with van der Waals surface area (Å²) in [4.78, 5) is 54.7. The van der Waals surface area contributed by atoms with Gasteiger partial charge in [-0.3, -0.25) is 14.4 Å². The molecule has 10 nitrogen and oxygen atoms in total. The molecule has 2 aromatic rings. The van der Waals surface area contributed by atoms with E-state index in [0.29, 0.717) is 17.9 Å². The molecule has 182 valence electrons. The van der Waals surface area contributed by atoms with Crippen LogP contribution in [0.4, 0.5) is 10.6 Å². The Morgan fingerprint density at radius 1 is 1.06 bits per heavy atom. The SMILES string of the molecule is CN(C)C(=O)Oc1csc(C(=O)N[C@@H]2CCCC[C@@H]2NC(=O)C(=O)Nc2ccc(Cl)cn2)c1Cl. The normalized spacial score (nSPS) is 17.4. The fourth-order valence-corrected chi connectivity index (χ4v) is 4.55. The predicted molar refractivity (Wildman–Crippen MR) is 129 cm³/mol. The number of anilines is 1. The topological polar surface area (TPSA) is 130 Å². The van der Waals surface area contributed by atoms with Crippen LogP contribution >= 0.6 is 34.5 Å². The van der Waals surface area contributed by atoms with Crippen molar-refractivity contribution in [1.82, 2.24) is 20.5 Å². The van der Waals surface area contributed by atoms with Crippen molar-refractivity contribution in [2.75, 3.05) is 19.4 Å². The number of hydrogen-bond donors (Lipinski definition) is 3. The zero-order chi connectivity index (χ0) is 24.8. The van der Waals surface area contributed by atoms with Gasteiger partial charge in [0.25, 0.3) is 5.91 Å². The summed E-state index contributed by atoms with van der Waals surface area (Å²) in [7, 11) is 3.06. The molecule has 0 saturated heterocycles. The highest BCUT2D eigenvalue weighted by atomic mass is 35.5. The molecule has 3 N–H and O–H groups in total. The minimum absolute atomic E-state index is 0.0314. The van der Waals surface area contributed by atoms with Crippen molar-refractivity contribution in [2.24, 2.45) is 0 Å². The summed E-state index contributed by atoms with van der Waals surface area (Å²) in [5.74, 6) is -1.88. The van der Waals surface area contributed by atoms with E-state index in [1.165, 1.54) is 42.7 Å². The van der Waals surface area contributed by atoms with Crippen LogP contribution in [0, 0.1) is 0 Å². The molecule has 34 heavy (non-hydrogen) atoms. The summed E-state index contributed by atoms with van der Waals surface area (Å²) in [6.45, 7) is 0. The molecular formula is C21H23Cl2N5O5S. The van der Waals surface area contributed by atoms with E-state index in [1.807, 2.05) is 0 Å². The lowest BCUT2D eigenvalue weighted by atomic mass is 9.90. The third-order valence-corrected chi connectivity index (χ3v) is 6.71. The average Bonchev–Trinajstić information content (AvgIpc) is 3.16. The largest absolute Gasteiger partial charge is 0.414 e. The van der Waals surface area contributed by atoms with E-state index in [0.717, 1.165) is 24.2 Å². The Morgan fingerprint density at radius 3 is 2.35 bits per heavy atom. The van der Waals surface area contributed by atoms with Crippen LogP contribution in [0.15, 0.2) is 23.7 Å². The van der Waals surface area contributed by atoms with Gasteiger partial charge in [0.2, 0.25) is 0 Å². The summed E-state index contributed by atoms with van der Waals surface area (Å²) in [6.07, 6.45) is 3.62. The second kappa shape index (κ2) is 11.5. The molecule has 2 heterocycles. The number of aromatic nitrogens is 1. The van der Waals surface area contributed by atoms with Crippen molar-refractivity contribution in [1.29, 1.82) is 0 Å². The summed E-state index contributed by atoms with van der Waals surface area (Å²) in [5, 5.41) is 9.89. The number of ether oxygens (including phenoxy) is 1. The fourth-order valence-electron chi connectivity index (χ4n) is 3.30. The summed E-state index contributed by atoms with van der Waals surface area (Å²) in [6, 6.07) is 2.17. The zero-order valence-corrected chi connectivity index (χ0v) is 20.7. The second-order valence-electron chi connectivity index (χ2n) is 7.77. The molecule has 4 amide bonds. The number of rotatable bonds is 5. The Balaban J connectivity index is 1.61. The van der Waals surface area contributed by atoms with Crippen molar-refractivity contribution < 1.29 is 23.9 Å². The Labute approximate surface area is 209 Å². The molecule has 0 spiro atoms. The maximum Gasteiger partial charge on any atom is 0.414 e. The Bertz CT molecular complexity index is 1080. The summed E-state index contributed by atoms with van der Waals surface area (Å²) in [5.41, 5.74) is 0. The van der Waals surface area contributed by atoms with Crippen LogP contribution in [0.1, 0.15) is 35.4 Å². The Kier molecular flexibility index (Phi) is 8.70. The number of thiophene rings is 1. The quantitative estimate of drug-likeness (QED) is 0.511. The molecule has 2 aromatic heterocycles. The highest BCUT2D eigenvalue weighted by molar-refractivity contribution is 7.13. The van der Waals surface area contributed by atoms with Crippen molar-refractivity contribution in [3.05, 3.63) is 38.6 Å². The lowest BCUT2D eigenvalue weighted by molar-refractivity contribution is -0.136. The molecule has 3 rings (SSSR count). The maximum atomic E-state index is 12.9. The smallest absolute Gasteiger partial charge is 0.408 e. The van der Waals surface area contributed by atoms with Crippen LogP contribution in [-0.2, 0) is 9.59 Å². The van der Waals surface area contributed by atoms with Gasteiger partial charge in [-0.2, -0.15) is 0 Å². The van der Waals surface area contributed by atoms with Gasteiger partial charge in [0.15, 0.2) is 5.75 Å². The van der Waals surface area contributed by atoms with Crippen LogP contribution in [0.25, 0.3) is 0 Å². The zero-order valence-electron chi connectivity index (χ0n) is 18.4. The number of carbonyl (C=O) groups excluding carboxylic acids is 4. The van der Waals surface area contributed by atoms with E-state index in [1.54, 1.807) is 0 Å². The van der Waals surface area contributed by atoms with Crippen LogP contribution in [0.5, 0.6) is 5.75 Å². The number of carbonyl (C=O) groups is 4. The van der Waals surface area contributed by atoms with Crippen LogP contribution in [0.2, 0.25) is 10.0 Å². The van der Waals surface area contributed by atoms with Gasteiger partial charge in [0.1, 0.15) is 15.7 Å². The molecule has 1 saturated carbocycles. The number of hydrogen-bond acceptors (Lipinski definition) is 7.